The van der Waals surface area contributed by atoms with Gasteiger partial charge in [0.2, 0.25) is 10.0 Å². The summed E-state index contributed by atoms with van der Waals surface area (Å²) in [5.74, 6) is 0. The Bertz CT molecular complexity index is 1160. The molecule has 0 bridgehead atoms. The van der Waals surface area contributed by atoms with Crippen molar-refractivity contribution in [2.75, 3.05) is 6.26 Å². The molecular weight excluding hydrogens is 426 g/mol. The van der Waals surface area contributed by atoms with E-state index in [1.165, 1.54) is 28.6 Å². The lowest BCUT2D eigenvalue weighted by atomic mass is 10.1. The van der Waals surface area contributed by atoms with Crippen molar-refractivity contribution in [1.82, 2.24) is 4.31 Å². The first-order valence-corrected chi connectivity index (χ1v) is 13.3. The molecule has 3 aromatic rings. The summed E-state index contributed by atoms with van der Waals surface area (Å²) in [5, 5.41) is 1.97. The minimum Gasteiger partial charge on any atom is -0.224 e. The van der Waals surface area contributed by atoms with Gasteiger partial charge < -0.3 is 0 Å². The van der Waals surface area contributed by atoms with Gasteiger partial charge in [-0.1, -0.05) is 42.5 Å². The van der Waals surface area contributed by atoms with Crippen LogP contribution in [0.1, 0.15) is 17.4 Å². The highest BCUT2D eigenvalue weighted by atomic mass is 32.2. The Labute approximate surface area is 176 Å². The molecule has 0 spiro atoms. The van der Waals surface area contributed by atoms with E-state index >= 15 is 0 Å². The van der Waals surface area contributed by atoms with Crippen LogP contribution >= 0.6 is 11.3 Å². The van der Waals surface area contributed by atoms with Crippen molar-refractivity contribution >= 4 is 31.2 Å². The molecule has 0 radical (unpaired) electrons. The molecule has 1 unspecified atom stereocenters. The Morgan fingerprint density at radius 1 is 0.897 bits per heavy atom. The lowest BCUT2D eigenvalue weighted by Crippen LogP contribution is -2.39. The van der Waals surface area contributed by atoms with Gasteiger partial charge in [-0.25, -0.2) is 16.8 Å². The summed E-state index contributed by atoms with van der Waals surface area (Å²) in [5.41, 5.74) is 0.869. The highest BCUT2D eigenvalue weighted by Gasteiger charge is 2.30. The van der Waals surface area contributed by atoms with Gasteiger partial charge in [0.05, 0.1) is 9.79 Å². The zero-order chi connectivity index (χ0) is 21.1. The molecule has 0 saturated heterocycles. The van der Waals surface area contributed by atoms with Crippen LogP contribution < -0.4 is 0 Å². The Hall–Kier alpha value is -2.00. The SMILES string of the molecule is CC(Cc1cccs1)N(Cc1ccccc1)S(=O)(=O)c1cccc(S(C)(=O)=O)c1. The minimum absolute atomic E-state index is 0.0101. The van der Waals surface area contributed by atoms with Crippen LogP contribution in [-0.4, -0.2) is 33.4 Å². The van der Waals surface area contributed by atoms with Crippen LogP contribution in [0.5, 0.6) is 0 Å². The first-order valence-electron chi connectivity index (χ1n) is 9.06. The summed E-state index contributed by atoms with van der Waals surface area (Å²) in [7, 11) is -7.42. The summed E-state index contributed by atoms with van der Waals surface area (Å²) in [6.07, 6.45) is 1.65. The van der Waals surface area contributed by atoms with E-state index in [0.29, 0.717) is 6.42 Å². The number of hydrogen-bond acceptors (Lipinski definition) is 5. The van der Waals surface area contributed by atoms with Gasteiger partial charge in [-0.05, 0) is 48.6 Å². The van der Waals surface area contributed by atoms with Crippen molar-refractivity contribution in [2.45, 2.75) is 35.7 Å². The Kier molecular flexibility index (Phi) is 6.58. The molecule has 0 aliphatic carbocycles. The fourth-order valence-corrected chi connectivity index (χ4v) is 6.30. The highest BCUT2D eigenvalue weighted by Crippen LogP contribution is 2.25. The lowest BCUT2D eigenvalue weighted by molar-refractivity contribution is 0.329. The molecular formula is C21H23NO4S3. The number of nitrogens with zero attached hydrogens (tertiary/aromatic N) is 1. The monoisotopic (exact) mass is 449 g/mol. The van der Waals surface area contributed by atoms with Gasteiger partial charge in [0.1, 0.15) is 0 Å². The summed E-state index contributed by atoms with van der Waals surface area (Å²) in [6.45, 7) is 2.08. The molecule has 0 aliphatic rings. The second kappa shape index (κ2) is 8.79. The van der Waals surface area contributed by atoms with Crippen LogP contribution in [0, 0.1) is 0 Å². The zero-order valence-electron chi connectivity index (χ0n) is 16.2. The topological polar surface area (TPSA) is 71.5 Å². The van der Waals surface area contributed by atoms with E-state index in [1.54, 1.807) is 11.3 Å². The van der Waals surface area contributed by atoms with E-state index in [-0.39, 0.29) is 22.4 Å². The molecule has 29 heavy (non-hydrogen) atoms. The summed E-state index contributed by atoms with van der Waals surface area (Å²) in [4.78, 5) is 1.06. The van der Waals surface area contributed by atoms with Gasteiger partial charge in [-0.15, -0.1) is 11.3 Å². The van der Waals surface area contributed by atoms with Crippen LogP contribution in [0.3, 0.4) is 0 Å². The van der Waals surface area contributed by atoms with E-state index in [1.807, 2.05) is 54.8 Å². The first kappa shape index (κ1) is 21.7. The average molecular weight is 450 g/mol. The predicted octanol–water partition coefficient (Wildman–Crippen LogP) is 3.97. The summed E-state index contributed by atoms with van der Waals surface area (Å²) in [6, 6.07) is 18.6. The molecule has 1 atom stereocenters. The van der Waals surface area contributed by atoms with Gasteiger partial charge in [0.15, 0.2) is 9.84 Å². The van der Waals surface area contributed by atoms with Crippen LogP contribution in [0.4, 0.5) is 0 Å². The van der Waals surface area contributed by atoms with E-state index < -0.39 is 19.9 Å². The second-order valence-corrected chi connectivity index (χ2v) is 11.9. The number of rotatable bonds is 8. The van der Waals surface area contributed by atoms with Crippen LogP contribution in [-0.2, 0) is 32.8 Å². The van der Waals surface area contributed by atoms with Crippen LogP contribution in [0.2, 0.25) is 0 Å². The summed E-state index contributed by atoms with van der Waals surface area (Å²) >= 11 is 1.59. The molecule has 8 heteroatoms. The van der Waals surface area contributed by atoms with Gasteiger partial charge in [0, 0.05) is 23.7 Å². The zero-order valence-corrected chi connectivity index (χ0v) is 18.7. The molecule has 3 rings (SSSR count). The molecule has 5 nitrogen and oxygen atoms in total. The predicted molar refractivity (Wildman–Crippen MR) is 116 cm³/mol. The van der Waals surface area contributed by atoms with Gasteiger partial charge in [0.25, 0.3) is 0 Å². The fourth-order valence-electron chi connectivity index (χ4n) is 3.06. The number of sulfonamides is 1. The third kappa shape index (κ3) is 5.33. The smallest absolute Gasteiger partial charge is 0.224 e. The molecule has 1 aromatic heterocycles. The molecule has 1 heterocycles. The third-order valence-electron chi connectivity index (χ3n) is 4.59. The number of benzene rings is 2. The van der Waals surface area contributed by atoms with Gasteiger partial charge >= 0.3 is 0 Å². The molecule has 0 aliphatic heterocycles. The van der Waals surface area contributed by atoms with Gasteiger partial charge in [-0.3, -0.25) is 0 Å². The normalized spacial score (nSPS) is 13.5. The van der Waals surface area contributed by atoms with Crippen molar-refractivity contribution in [3.8, 4) is 0 Å². The Morgan fingerprint density at radius 3 is 2.21 bits per heavy atom. The first-order chi connectivity index (χ1) is 13.7. The van der Waals surface area contributed by atoms with Crippen molar-refractivity contribution in [1.29, 1.82) is 0 Å². The lowest BCUT2D eigenvalue weighted by Gasteiger charge is -2.28. The highest BCUT2D eigenvalue weighted by molar-refractivity contribution is 7.91. The molecule has 154 valence electrons. The quantitative estimate of drug-likeness (QED) is 0.522. The van der Waals surface area contributed by atoms with Crippen molar-refractivity contribution in [3.63, 3.8) is 0 Å². The number of thiophene rings is 1. The standard InChI is InChI=1S/C21H23NO4S3/c1-17(14-19-10-7-13-27-19)22(16-18-8-4-3-5-9-18)29(25,26)21-12-6-11-20(15-21)28(2,23)24/h3-13,15,17H,14,16H2,1-2H3. The number of sulfone groups is 1. The maximum Gasteiger partial charge on any atom is 0.243 e. The van der Waals surface area contributed by atoms with E-state index in [0.717, 1.165) is 16.7 Å². The molecule has 0 saturated carbocycles. The van der Waals surface area contributed by atoms with Crippen LogP contribution in [0.25, 0.3) is 0 Å². The molecule has 0 fully saturated rings. The molecule has 2 aromatic carbocycles. The van der Waals surface area contributed by atoms with Crippen molar-refractivity contribution in [3.05, 3.63) is 82.6 Å². The largest absolute Gasteiger partial charge is 0.243 e. The third-order valence-corrected chi connectivity index (χ3v) is 8.55. The van der Waals surface area contributed by atoms with Crippen molar-refractivity contribution < 1.29 is 16.8 Å². The van der Waals surface area contributed by atoms with E-state index in [9.17, 15) is 16.8 Å². The minimum atomic E-state index is -3.91. The van der Waals surface area contributed by atoms with E-state index in [2.05, 4.69) is 0 Å². The Balaban J connectivity index is 2.01. The maximum atomic E-state index is 13.5. The Morgan fingerprint density at radius 2 is 1.59 bits per heavy atom. The number of hydrogen-bond donors (Lipinski definition) is 0. The van der Waals surface area contributed by atoms with E-state index in [4.69, 9.17) is 0 Å². The van der Waals surface area contributed by atoms with Crippen molar-refractivity contribution in [2.24, 2.45) is 0 Å². The fraction of sp³-hybridized carbons (Fsp3) is 0.238. The maximum absolute atomic E-state index is 13.5. The summed E-state index contributed by atoms with van der Waals surface area (Å²) < 4.78 is 52.3. The van der Waals surface area contributed by atoms with Gasteiger partial charge in [-0.2, -0.15) is 4.31 Å². The molecule has 0 N–H and O–H groups in total. The average Bonchev–Trinajstić information content (AvgIpc) is 3.19. The molecule has 0 amide bonds. The van der Waals surface area contributed by atoms with Crippen LogP contribution in [0.15, 0.2) is 81.9 Å². The second-order valence-electron chi connectivity index (χ2n) is 6.92.